The number of benzene rings is 1. The second kappa shape index (κ2) is 7.47. The SMILES string of the molecule is Cc1ccccc1N1CCCN(CC2CCC(N)CC2)CC1. The third-order valence-corrected chi connectivity index (χ3v) is 5.45. The number of hydrogen-bond acceptors (Lipinski definition) is 3. The molecule has 0 spiro atoms. The van der Waals surface area contributed by atoms with Gasteiger partial charge >= 0.3 is 0 Å². The highest BCUT2D eigenvalue weighted by Gasteiger charge is 2.22. The van der Waals surface area contributed by atoms with E-state index in [4.69, 9.17) is 5.73 Å². The van der Waals surface area contributed by atoms with E-state index in [2.05, 4.69) is 41.0 Å². The van der Waals surface area contributed by atoms with Gasteiger partial charge in [0.25, 0.3) is 0 Å². The minimum atomic E-state index is 0.469. The molecule has 1 saturated heterocycles. The molecule has 0 unspecified atom stereocenters. The van der Waals surface area contributed by atoms with Crippen molar-refractivity contribution in [3.63, 3.8) is 0 Å². The standard InChI is InChI=1S/C19H31N3/c1-16-5-2-3-6-19(16)22-12-4-11-21(13-14-22)15-17-7-9-18(20)10-8-17/h2-3,5-6,17-18H,4,7-15,20H2,1H3. The second-order valence-corrected chi connectivity index (χ2v) is 7.21. The topological polar surface area (TPSA) is 32.5 Å². The molecule has 2 N–H and O–H groups in total. The second-order valence-electron chi connectivity index (χ2n) is 7.21. The highest BCUT2D eigenvalue weighted by molar-refractivity contribution is 5.53. The van der Waals surface area contributed by atoms with Crippen molar-refractivity contribution in [2.24, 2.45) is 11.7 Å². The summed E-state index contributed by atoms with van der Waals surface area (Å²) in [5, 5.41) is 0. The summed E-state index contributed by atoms with van der Waals surface area (Å²) in [5.74, 6) is 0.879. The molecular weight excluding hydrogens is 270 g/mol. The van der Waals surface area contributed by atoms with Crippen LogP contribution in [0.3, 0.4) is 0 Å². The molecule has 2 aliphatic rings. The van der Waals surface area contributed by atoms with Crippen LogP contribution in [0.15, 0.2) is 24.3 Å². The van der Waals surface area contributed by atoms with Crippen LogP contribution < -0.4 is 10.6 Å². The Kier molecular flexibility index (Phi) is 5.37. The Labute approximate surface area is 135 Å². The van der Waals surface area contributed by atoms with Crippen LogP contribution in [-0.2, 0) is 0 Å². The Hall–Kier alpha value is -1.06. The first kappa shape index (κ1) is 15.8. The van der Waals surface area contributed by atoms with Crippen molar-refractivity contribution in [2.45, 2.75) is 45.1 Å². The van der Waals surface area contributed by atoms with Gasteiger partial charge in [-0.3, -0.25) is 0 Å². The monoisotopic (exact) mass is 301 g/mol. The fourth-order valence-electron chi connectivity index (χ4n) is 4.05. The zero-order valence-electron chi connectivity index (χ0n) is 14.0. The van der Waals surface area contributed by atoms with Crippen LogP contribution in [0.2, 0.25) is 0 Å². The van der Waals surface area contributed by atoms with E-state index in [1.165, 1.54) is 69.5 Å². The van der Waals surface area contributed by atoms with Crippen LogP contribution in [0.4, 0.5) is 5.69 Å². The molecule has 122 valence electrons. The van der Waals surface area contributed by atoms with E-state index in [1.807, 2.05) is 0 Å². The van der Waals surface area contributed by atoms with Crippen LogP contribution in [0.1, 0.15) is 37.7 Å². The average molecular weight is 301 g/mol. The van der Waals surface area contributed by atoms with E-state index in [0.29, 0.717) is 6.04 Å². The molecular formula is C19H31N3. The van der Waals surface area contributed by atoms with E-state index in [-0.39, 0.29) is 0 Å². The number of anilines is 1. The van der Waals surface area contributed by atoms with E-state index < -0.39 is 0 Å². The summed E-state index contributed by atoms with van der Waals surface area (Å²) < 4.78 is 0. The average Bonchev–Trinajstić information content (AvgIpc) is 2.76. The Morgan fingerprint density at radius 1 is 1.00 bits per heavy atom. The highest BCUT2D eigenvalue weighted by Crippen LogP contribution is 2.25. The van der Waals surface area contributed by atoms with Crippen molar-refractivity contribution in [3.8, 4) is 0 Å². The molecule has 0 amide bonds. The molecule has 2 fully saturated rings. The van der Waals surface area contributed by atoms with Gasteiger partial charge in [-0.1, -0.05) is 18.2 Å². The third-order valence-electron chi connectivity index (χ3n) is 5.45. The number of hydrogen-bond donors (Lipinski definition) is 1. The minimum absolute atomic E-state index is 0.469. The van der Waals surface area contributed by atoms with E-state index >= 15 is 0 Å². The zero-order chi connectivity index (χ0) is 15.4. The van der Waals surface area contributed by atoms with Crippen molar-refractivity contribution in [2.75, 3.05) is 37.6 Å². The third kappa shape index (κ3) is 4.02. The fraction of sp³-hybridized carbons (Fsp3) is 0.684. The Bertz CT molecular complexity index is 466. The first-order chi connectivity index (χ1) is 10.7. The summed E-state index contributed by atoms with van der Waals surface area (Å²) >= 11 is 0. The van der Waals surface area contributed by atoms with E-state index in [9.17, 15) is 0 Å². The molecule has 0 aromatic heterocycles. The predicted octanol–water partition coefficient (Wildman–Crippen LogP) is 3.02. The van der Waals surface area contributed by atoms with Crippen LogP contribution in [0.5, 0.6) is 0 Å². The van der Waals surface area contributed by atoms with Crippen molar-refractivity contribution < 1.29 is 0 Å². The molecule has 1 heterocycles. The quantitative estimate of drug-likeness (QED) is 0.931. The maximum atomic E-state index is 6.03. The lowest BCUT2D eigenvalue weighted by molar-refractivity contribution is 0.204. The molecule has 0 bridgehead atoms. The molecule has 22 heavy (non-hydrogen) atoms. The lowest BCUT2D eigenvalue weighted by atomic mass is 9.86. The van der Waals surface area contributed by atoms with Gasteiger partial charge in [0, 0.05) is 37.9 Å². The first-order valence-corrected chi connectivity index (χ1v) is 9.01. The number of nitrogens with zero attached hydrogens (tertiary/aromatic N) is 2. The fourth-order valence-corrected chi connectivity index (χ4v) is 4.05. The van der Waals surface area contributed by atoms with Gasteiger partial charge in [-0.25, -0.2) is 0 Å². The molecule has 3 rings (SSSR count). The van der Waals surface area contributed by atoms with Gasteiger partial charge in [0.1, 0.15) is 0 Å². The van der Waals surface area contributed by atoms with E-state index in [0.717, 1.165) is 12.5 Å². The van der Waals surface area contributed by atoms with Crippen LogP contribution in [-0.4, -0.2) is 43.7 Å². The summed E-state index contributed by atoms with van der Waals surface area (Å²) in [6.07, 6.45) is 6.40. The molecule has 1 aliphatic heterocycles. The largest absolute Gasteiger partial charge is 0.370 e. The summed E-state index contributed by atoms with van der Waals surface area (Å²) in [4.78, 5) is 5.27. The zero-order valence-corrected chi connectivity index (χ0v) is 14.0. The Morgan fingerprint density at radius 2 is 1.77 bits per heavy atom. The molecule has 3 heteroatoms. The molecule has 1 saturated carbocycles. The summed E-state index contributed by atoms with van der Waals surface area (Å²) in [7, 11) is 0. The molecule has 1 aromatic rings. The summed E-state index contributed by atoms with van der Waals surface area (Å²) in [6.45, 7) is 8.33. The van der Waals surface area contributed by atoms with Gasteiger partial charge in [-0.2, -0.15) is 0 Å². The van der Waals surface area contributed by atoms with Gasteiger partial charge in [0.2, 0.25) is 0 Å². The first-order valence-electron chi connectivity index (χ1n) is 9.01. The molecule has 0 atom stereocenters. The van der Waals surface area contributed by atoms with E-state index in [1.54, 1.807) is 0 Å². The molecule has 1 aliphatic carbocycles. The van der Waals surface area contributed by atoms with Gasteiger partial charge in [-0.05, 0) is 63.1 Å². The van der Waals surface area contributed by atoms with Gasteiger partial charge in [-0.15, -0.1) is 0 Å². The van der Waals surface area contributed by atoms with Crippen molar-refractivity contribution >= 4 is 5.69 Å². The molecule has 3 nitrogen and oxygen atoms in total. The lowest BCUT2D eigenvalue weighted by Crippen LogP contribution is -2.36. The van der Waals surface area contributed by atoms with Crippen molar-refractivity contribution in [1.29, 1.82) is 0 Å². The summed E-state index contributed by atoms with van der Waals surface area (Å²) in [5.41, 5.74) is 8.86. The maximum absolute atomic E-state index is 6.03. The van der Waals surface area contributed by atoms with Crippen LogP contribution >= 0.6 is 0 Å². The van der Waals surface area contributed by atoms with Gasteiger partial charge < -0.3 is 15.5 Å². The predicted molar refractivity (Wildman–Crippen MR) is 94.4 cm³/mol. The Balaban J connectivity index is 1.53. The normalized spacial score (nSPS) is 27.6. The lowest BCUT2D eigenvalue weighted by Gasteiger charge is -2.31. The number of aryl methyl sites for hydroxylation is 1. The number of rotatable bonds is 3. The number of para-hydroxylation sites is 1. The van der Waals surface area contributed by atoms with Crippen molar-refractivity contribution in [1.82, 2.24) is 4.90 Å². The molecule has 0 radical (unpaired) electrons. The summed E-state index contributed by atoms with van der Waals surface area (Å²) in [6, 6.07) is 9.26. The van der Waals surface area contributed by atoms with Crippen LogP contribution in [0.25, 0.3) is 0 Å². The highest BCUT2D eigenvalue weighted by atomic mass is 15.2. The molecule has 1 aromatic carbocycles. The van der Waals surface area contributed by atoms with Crippen molar-refractivity contribution in [3.05, 3.63) is 29.8 Å². The van der Waals surface area contributed by atoms with Crippen LogP contribution in [0, 0.1) is 12.8 Å². The smallest absolute Gasteiger partial charge is 0.0396 e. The maximum Gasteiger partial charge on any atom is 0.0396 e. The van der Waals surface area contributed by atoms with Gasteiger partial charge in [0.15, 0.2) is 0 Å². The Morgan fingerprint density at radius 3 is 2.55 bits per heavy atom. The van der Waals surface area contributed by atoms with Gasteiger partial charge in [0.05, 0.1) is 0 Å². The minimum Gasteiger partial charge on any atom is -0.370 e. The number of nitrogens with two attached hydrogens (primary N) is 1.